The standard InChI is InChI=1S/C13H15NO5/c1-2-19-11(15)7-10-8-5-3-4-6-9(8)13(16)12(10)14(17)18/h3-6,10,12-13,16H,2,7H2,1H3/t10-,12+,13+/m1/s1. The van der Waals surface area contributed by atoms with Gasteiger partial charge in [0.1, 0.15) is 6.10 Å². The number of fused-ring (bicyclic) bond motifs is 1. The van der Waals surface area contributed by atoms with Crippen LogP contribution in [0.25, 0.3) is 0 Å². The molecular weight excluding hydrogens is 250 g/mol. The number of hydrogen-bond acceptors (Lipinski definition) is 5. The Balaban J connectivity index is 2.32. The molecule has 0 saturated carbocycles. The summed E-state index contributed by atoms with van der Waals surface area (Å²) >= 11 is 0. The van der Waals surface area contributed by atoms with E-state index in [2.05, 4.69) is 0 Å². The number of benzene rings is 1. The molecule has 6 heteroatoms. The Bertz CT molecular complexity index is 502. The molecule has 0 amide bonds. The predicted octanol–water partition coefficient (Wildman–Crippen LogP) is 1.42. The molecule has 0 aliphatic heterocycles. The number of aliphatic hydroxyl groups is 1. The molecule has 0 unspecified atom stereocenters. The first-order valence-electron chi connectivity index (χ1n) is 6.12. The van der Waals surface area contributed by atoms with Crippen molar-refractivity contribution in [2.75, 3.05) is 6.61 Å². The molecule has 6 nitrogen and oxygen atoms in total. The molecule has 0 heterocycles. The minimum absolute atomic E-state index is 0.0897. The second-order valence-corrected chi connectivity index (χ2v) is 4.47. The van der Waals surface area contributed by atoms with Crippen molar-refractivity contribution in [2.45, 2.75) is 31.4 Å². The van der Waals surface area contributed by atoms with Crippen LogP contribution < -0.4 is 0 Å². The van der Waals surface area contributed by atoms with Crippen LogP contribution in [-0.2, 0) is 9.53 Å². The van der Waals surface area contributed by atoms with E-state index in [-0.39, 0.29) is 13.0 Å². The van der Waals surface area contributed by atoms with E-state index in [1.54, 1.807) is 31.2 Å². The van der Waals surface area contributed by atoms with E-state index in [0.29, 0.717) is 11.1 Å². The van der Waals surface area contributed by atoms with Gasteiger partial charge >= 0.3 is 5.97 Å². The zero-order chi connectivity index (χ0) is 14.0. The predicted molar refractivity (Wildman–Crippen MR) is 66.2 cm³/mol. The summed E-state index contributed by atoms with van der Waals surface area (Å²) in [7, 11) is 0. The smallest absolute Gasteiger partial charge is 0.306 e. The van der Waals surface area contributed by atoms with Crippen molar-refractivity contribution in [3.8, 4) is 0 Å². The molecule has 1 aromatic carbocycles. The normalized spacial score (nSPS) is 24.8. The lowest BCUT2D eigenvalue weighted by molar-refractivity contribution is -0.537. The van der Waals surface area contributed by atoms with Crippen molar-refractivity contribution < 1.29 is 19.6 Å². The van der Waals surface area contributed by atoms with Gasteiger partial charge in [-0.25, -0.2) is 0 Å². The average molecular weight is 265 g/mol. The highest BCUT2D eigenvalue weighted by Crippen LogP contribution is 2.43. The molecule has 102 valence electrons. The van der Waals surface area contributed by atoms with Gasteiger partial charge in [-0.2, -0.15) is 0 Å². The summed E-state index contributed by atoms with van der Waals surface area (Å²) in [4.78, 5) is 22.2. The monoisotopic (exact) mass is 265 g/mol. The van der Waals surface area contributed by atoms with Crippen LogP contribution >= 0.6 is 0 Å². The van der Waals surface area contributed by atoms with E-state index < -0.39 is 29.0 Å². The highest BCUT2D eigenvalue weighted by Gasteiger charge is 2.48. The van der Waals surface area contributed by atoms with Crippen molar-refractivity contribution in [1.82, 2.24) is 0 Å². The largest absolute Gasteiger partial charge is 0.466 e. The first-order chi connectivity index (χ1) is 9.06. The van der Waals surface area contributed by atoms with Gasteiger partial charge in [-0.1, -0.05) is 24.3 Å². The third kappa shape index (κ3) is 2.44. The van der Waals surface area contributed by atoms with Crippen molar-refractivity contribution in [1.29, 1.82) is 0 Å². The minimum Gasteiger partial charge on any atom is -0.466 e. The third-order valence-corrected chi connectivity index (χ3v) is 3.39. The fourth-order valence-corrected chi connectivity index (χ4v) is 2.60. The molecule has 1 N–H and O–H groups in total. The summed E-state index contributed by atoms with van der Waals surface area (Å²) in [5, 5.41) is 21.2. The molecule has 3 atom stereocenters. The van der Waals surface area contributed by atoms with E-state index in [4.69, 9.17) is 4.74 Å². The maximum Gasteiger partial charge on any atom is 0.306 e. The lowest BCUT2D eigenvalue weighted by Gasteiger charge is -2.14. The highest BCUT2D eigenvalue weighted by atomic mass is 16.6. The van der Waals surface area contributed by atoms with Gasteiger partial charge in [0.2, 0.25) is 6.04 Å². The molecular formula is C13H15NO5. The van der Waals surface area contributed by atoms with Gasteiger partial charge < -0.3 is 9.84 Å². The number of carbonyl (C=O) groups excluding carboxylic acids is 1. The lowest BCUT2D eigenvalue weighted by Crippen LogP contribution is -2.29. The Morgan fingerprint density at radius 1 is 1.42 bits per heavy atom. The molecule has 0 bridgehead atoms. The Morgan fingerprint density at radius 3 is 2.63 bits per heavy atom. The maximum atomic E-state index is 11.6. The number of rotatable bonds is 4. The number of nitrogens with zero attached hydrogens (tertiary/aromatic N) is 1. The Morgan fingerprint density at radius 2 is 2.05 bits per heavy atom. The van der Waals surface area contributed by atoms with Crippen LogP contribution in [0.2, 0.25) is 0 Å². The van der Waals surface area contributed by atoms with Crippen LogP contribution in [0.5, 0.6) is 0 Å². The van der Waals surface area contributed by atoms with E-state index in [0.717, 1.165) is 0 Å². The lowest BCUT2D eigenvalue weighted by atomic mass is 9.95. The van der Waals surface area contributed by atoms with Gasteiger partial charge in [0, 0.05) is 4.92 Å². The van der Waals surface area contributed by atoms with Crippen molar-refractivity contribution in [2.24, 2.45) is 0 Å². The number of aliphatic hydroxyl groups excluding tert-OH is 1. The molecule has 0 aromatic heterocycles. The number of carbonyl (C=O) groups is 1. The molecule has 0 fully saturated rings. The van der Waals surface area contributed by atoms with Gasteiger partial charge in [-0.3, -0.25) is 14.9 Å². The fraction of sp³-hybridized carbons (Fsp3) is 0.462. The highest BCUT2D eigenvalue weighted by molar-refractivity contribution is 5.71. The van der Waals surface area contributed by atoms with Gasteiger partial charge in [-0.15, -0.1) is 0 Å². The van der Waals surface area contributed by atoms with Crippen molar-refractivity contribution in [3.63, 3.8) is 0 Å². The Labute approximate surface area is 110 Å². The average Bonchev–Trinajstić information content (AvgIpc) is 2.64. The van der Waals surface area contributed by atoms with Gasteiger partial charge in [0.05, 0.1) is 18.9 Å². The fourth-order valence-electron chi connectivity index (χ4n) is 2.60. The molecule has 0 saturated heterocycles. The van der Waals surface area contributed by atoms with Crippen LogP contribution in [0.1, 0.15) is 36.5 Å². The number of esters is 1. The summed E-state index contributed by atoms with van der Waals surface area (Å²) in [6.07, 6.45) is -1.27. The van der Waals surface area contributed by atoms with Crippen LogP contribution in [0.15, 0.2) is 24.3 Å². The number of hydrogen-bond donors (Lipinski definition) is 1. The topological polar surface area (TPSA) is 89.7 Å². The molecule has 1 aliphatic rings. The number of ether oxygens (including phenoxy) is 1. The number of nitro groups is 1. The molecule has 1 aromatic rings. The van der Waals surface area contributed by atoms with E-state index >= 15 is 0 Å². The van der Waals surface area contributed by atoms with Gasteiger partial charge in [-0.05, 0) is 18.1 Å². The van der Waals surface area contributed by atoms with E-state index in [9.17, 15) is 20.0 Å². The Kier molecular flexibility index (Phi) is 3.80. The molecule has 1 aliphatic carbocycles. The maximum absolute atomic E-state index is 11.6. The van der Waals surface area contributed by atoms with Crippen LogP contribution in [0.3, 0.4) is 0 Å². The zero-order valence-electron chi connectivity index (χ0n) is 10.5. The molecule has 0 spiro atoms. The van der Waals surface area contributed by atoms with Gasteiger partial charge in [0.15, 0.2) is 0 Å². The summed E-state index contributed by atoms with van der Waals surface area (Å²) in [5.41, 5.74) is 1.18. The SMILES string of the molecule is CCOC(=O)C[C@@H]1c2ccccc2[C@H](O)[C@H]1[N+](=O)[O-]. The third-order valence-electron chi connectivity index (χ3n) is 3.39. The summed E-state index contributed by atoms with van der Waals surface area (Å²) in [6, 6.07) is 5.63. The van der Waals surface area contributed by atoms with E-state index in [1.165, 1.54) is 0 Å². The van der Waals surface area contributed by atoms with Crippen LogP contribution in [-0.4, -0.2) is 28.6 Å². The van der Waals surface area contributed by atoms with Crippen LogP contribution in [0, 0.1) is 10.1 Å². The van der Waals surface area contributed by atoms with Crippen LogP contribution in [0.4, 0.5) is 0 Å². The molecule has 2 rings (SSSR count). The molecule has 0 radical (unpaired) electrons. The summed E-state index contributed by atoms with van der Waals surface area (Å²) in [6.45, 7) is 1.92. The first kappa shape index (κ1) is 13.5. The summed E-state index contributed by atoms with van der Waals surface area (Å²) < 4.78 is 4.84. The zero-order valence-corrected chi connectivity index (χ0v) is 10.5. The second-order valence-electron chi connectivity index (χ2n) is 4.47. The summed E-state index contributed by atoms with van der Waals surface area (Å²) in [5.74, 6) is -1.12. The Hall–Kier alpha value is -1.95. The second kappa shape index (κ2) is 5.36. The van der Waals surface area contributed by atoms with Gasteiger partial charge in [0.25, 0.3) is 0 Å². The quantitative estimate of drug-likeness (QED) is 0.505. The first-order valence-corrected chi connectivity index (χ1v) is 6.12. The van der Waals surface area contributed by atoms with E-state index in [1.807, 2.05) is 0 Å². The van der Waals surface area contributed by atoms with Crippen molar-refractivity contribution >= 4 is 5.97 Å². The van der Waals surface area contributed by atoms with Crippen molar-refractivity contribution in [3.05, 3.63) is 45.5 Å². The molecule has 19 heavy (non-hydrogen) atoms. The minimum atomic E-state index is -1.19.